The van der Waals surface area contributed by atoms with Gasteiger partial charge in [-0.1, -0.05) is 12.1 Å². The van der Waals surface area contributed by atoms with Crippen LogP contribution in [0.3, 0.4) is 0 Å². The number of carbonyl (C=O) groups is 4. The maximum absolute atomic E-state index is 12.9. The smallest absolute Gasteiger partial charge is 0.258 e. The number of nitrogens with one attached hydrogen (secondary N) is 1. The molecule has 31 heavy (non-hydrogen) atoms. The SMILES string of the molecule is O=C1NC2(CCN(C(=O)CN3C(=O)[C@H]4[C@H]5CC[C@@H](C5)[C@@H]4C3=O)CC2)Oc2ccccc21. The number of benzene rings is 1. The Labute approximate surface area is 179 Å². The molecule has 4 amide bonds. The zero-order chi connectivity index (χ0) is 21.3. The van der Waals surface area contributed by atoms with E-state index in [1.54, 1.807) is 23.1 Å². The molecule has 2 bridgehead atoms. The van der Waals surface area contributed by atoms with E-state index in [4.69, 9.17) is 4.74 Å². The fourth-order valence-electron chi connectivity index (χ4n) is 6.46. The molecular formula is C23H25N3O5. The molecule has 8 heteroatoms. The van der Waals surface area contributed by atoms with E-state index in [0.29, 0.717) is 49.1 Å². The van der Waals surface area contributed by atoms with Crippen molar-refractivity contribution in [2.24, 2.45) is 23.7 Å². The van der Waals surface area contributed by atoms with Crippen LogP contribution in [-0.4, -0.2) is 58.8 Å². The summed E-state index contributed by atoms with van der Waals surface area (Å²) in [6.45, 7) is 0.623. The Hall–Kier alpha value is -2.90. The average Bonchev–Trinajstić information content (AvgIpc) is 3.44. The Morgan fingerprint density at radius 2 is 1.68 bits per heavy atom. The summed E-state index contributed by atoms with van der Waals surface area (Å²) in [5, 5.41) is 2.96. The second-order valence-electron chi connectivity index (χ2n) is 9.57. The lowest BCUT2D eigenvalue weighted by atomic mass is 9.81. The molecule has 1 N–H and O–H groups in total. The molecular weight excluding hydrogens is 398 g/mol. The molecule has 8 nitrogen and oxygen atoms in total. The first-order valence-corrected chi connectivity index (χ1v) is 11.2. The average molecular weight is 423 g/mol. The summed E-state index contributed by atoms with van der Waals surface area (Å²) in [5.41, 5.74) is -0.310. The molecule has 2 saturated heterocycles. The number of ether oxygens (including phenoxy) is 1. The quantitative estimate of drug-likeness (QED) is 0.720. The van der Waals surface area contributed by atoms with Crippen LogP contribution in [0.1, 0.15) is 42.5 Å². The molecule has 1 aromatic carbocycles. The largest absolute Gasteiger partial charge is 0.467 e. The van der Waals surface area contributed by atoms with Crippen LogP contribution in [-0.2, 0) is 14.4 Å². The third-order valence-electron chi connectivity index (χ3n) is 8.01. The lowest BCUT2D eigenvalue weighted by molar-refractivity contribution is -0.148. The number of likely N-dealkylation sites (tertiary alicyclic amines) is 2. The van der Waals surface area contributed by atoms with Gasteiger partial charge in [0, 0.05) is 25.9 Å². The minimum Gasteiger partial charge on any atom is -0.467 e. The standard InChI is InChI=1S/C23H25N3O5/c27-17(12-26-21(29)18-13-5-6-14(11-13)19(18)22(26)30)25-9-7-23(8-10-25)24-20(28)15-3-1-2-4-16(15)31-23/h1-4,13-14,18-19H,5-12H2,(H,24,28)/t13-,14-,18-,19-/m0/s1. The molecule has 0 unspecified atom stereocenters. The van der Waals surface area contributed by atoms with Crippen LogP contribution >= 0.6 is 0 Å². The maximum Gasteiger partial charge on any atom is 0.258 e. The van der Waals surface area contributed by atoms with Crippen molar-refractivity contribution >= 4 is 23.6 Å². The van der Waals surface area contributed by atoms with Crippen molar-refractivity contribution in [3.63, 3.8) is 0 Å². The second-order valence-corrected chi connectivity index (χ2v) is 9.57. The fraction of sp³-hybridized carbons (Fsp3) is 0.565. The molecule has 1 aromatic rings. The van der Waals surface area contributed by atoms with Crippen LogP contribution in [0.15, 0.2) is 24.3 Å². The number of rotatable bonds is 2. The summed E-state index contributed by atoms with van der Waals surface area (Å²) in [6.07, 6.45) is 3.94. The third kappa shape index (κ3) is 2.73. The zero-order valence-electron chi connectivity index (χ0n) is 17.2. The van der Waals surface area contributed by atoms with Gasteiger partial charge in [-0.3, -0.25) is 24.1 Å². The van der Waals surface area contributed by atoms with Crippen molar-refractivity contribution in [3.8, 4) is 5.75 Å². The lowest BCUT2D eigenvalue weighted by Gasteiger charge is -2.44. The maximum atomic E-state index is 12.9. The molecule has 3 heterocycles. The third-order valence-corrected chi connectivity index (χ3v) is 8.01. The van der Waals surface area contributed by atoms with Gasteiger partial charge >= 0.3 is 0 Å². The van der Waals surface area contributed by atoms with Gasteiger partial charge in [0.05, 0.1) is 17.4 Å². The molecule has 4 atom stereocenters. The molecule has 162 valence electrons. The summed E-state index contributed by atoms with van der Waals surface area (Å²) in [5.74, 6) is 0.104. The van der Waals surface area contributed by atoms with Crippen molar-refractivity contribution < 1.29 is 23.9 Å². The van der Waals surface area contributed by atoms with E-state index in [9.17, 15) is 19.2 Å². The number of imide groups is 1. The first-order chi connectivity index (χ1) is 15.0. The van der Waals surface area contributed by atoms with Gasteiger partial charge in [0.15, 0.2) is 5.72 Å². The van der Waals surface area contributed by atoms with Gasteiger partial charge in [0.2, 0.25) is 17.7 Å². The molecule has 2 saturated carbocycles. The van der Waals surface area contributed by atoms with Gasteiger partial charge in [0.1, 0.15) is 12.3 Å². The molecule has 6 rings (SSSR count). The van der Waals surface area contributed by atoms with Crippen LogP contribution in [0, 0.1) is 23.7 Å². The highest BCUT2D eigenvalue weighted by Gasteiger charge is 2.61. The van der Waals surface area contributed by atoms with Gasteiger partial charge in [-0.2, -0.15) is 0 Å². The Morgan fingerprint density at radius 3 is 2.35 bits per heavy atom. The number of para-hydroxylation sites is 1. The molecule has 2 aliphatic carbocycles. The van der Waals surface area contributed by atoms with E-state index in [1.807, 2.05) is 6.07 Å². The summed E-state index contributed by atoms with van der Waals surface area (Å²) in [7, 11) is 0. The van der Waals surface area contributed by atoms with E-state index >= 15 is 0 Å². The number of hydrogen-bond acceptors (Lipinski definition) is 5. The number of carbonyl (C=O) groups excluding carboxylic acids is 4. The van der Waals surface area contributed by atoms with Crippen molar-refractivity contribution in [2.75, 3.05) is 19.6 Å². The van der Waals surface area contributed by atoms with E-state index in [0.717, 1.165) is 19.3 Å². The number of nitrogens with zero attached hydrogens (tertiary/aromatic N) is 2. The molecule has 0 aromatic heterocycles. The van der Waals surface area contributed by atoms with Gasteiger partial charge < -0.3 is 15.0 Å². The van der Waals surface area contributed by atoms with Gasteiger partial charge in [0.25, 0.3) is 5.91 Å². The summed E-state index contributed by atoms with van der Waals surface area (Å²) in [4.78, 5) is 54.0. The Morgan fingerprint density at radius 1 is 1.03 bits per heavy atom. The fourth-order valence-corrected chi connectivity index (χ4v) is 6.46. The highest BCUT2D eigenvalue weighted by molar-refractivity contribution is 6.08. The predicted molar refractivity (Wildman–Crippen MR) is 108 cm³/mol. The number of hydrogen-bond donors (Lipinski definition) is 1. The molecule has 0 radical (unpaired) electrons. The van der Waals surface area contributed by atoms with Crippen LogP contribution in [0.5, 0.6) is 5.75 Å². The minimum atomic E-state index is -0.822. The topological polar surface area (TPSA) is 96.0 Å². The summed E-state index contributed by atoms with van der Waals surface area (Å²) >= 11 is 0. The summed E-state index contributed by atoms with van der Waals surface area (Å²) in [6, 6.07) is 7.13. The van der Waals surface area contributed by atoms with E-state index < -0.39 is 5.72 Å². The molecule has 1 spiro atoms. The van der Waals surface area contributed by atoms with E-state index in [1.165, 1.54) is 4.90 Å². The van der Waals surface area contributed by atoms with Crippen LogP contribution in [0.2, 0.25) is 0 Å². The number of amides is 4. The summed E-state index contributed by atoms with van der Waals surface area (Å²) < 4.78 is 6.12. The minimum absolute atomic E-state index is 0.150. The first-order valence-electron chi connectivity index (χ1n) is 11.2. The monoisotopic (exact) mass is 423 g/mol. The van der Waals surface area contributed by atoms with Crippen molar-refractivity contribution in [2.45, 2.75) is 37.8 Å². The Kier molecular flexibility index (Phi) is 3.98. The first kappa shape index (κ1) is 18.8. The highest BCUT2D eigenvalue weighted by atomic mass is 16.5. The lowest BCUT2D eigenvalue weighted by Crippen LogP contribution is -2.62. The predicted octanol–water partition coefficient (Wildman–Crippen LogP) is 1.16. The molecule has 3 aliphatic heterocycles. The molecule has 5 aliphatic rings. The molecule has 4 fully saturated rings. The second kappa shape index (κ2) is 6.55. The Balaban J connectivity index is 1.11. The van der Waals surface area contributed by atoms with Crippen molar-refractivity contribution in [3.05, 3.63) is 29.8 Å². The van der Waals surface area contributed by atoms with Crippen molar-refractivity contribution in [1.82, 2.24) is 15.1 Å². The van der Waals surface area contributed by atoms with E-state index in [-0.39, 0.29) is 42.0 Å². The van der Waals surface area contributed by atoms with E-state index in [2.05, 4.69) is 5.32 Å². The van der Waals surface area contributed by atoms with Crippen LogP contribution in [0.4, 0.5) is 0 Å². The zero-order valence-corrected chi connectivity index (χ0v) is 17.2. The van der Waals surface area contributed by atoms with Crippen LogP contribution in [0.25, 0.3) is 0 Å². The Bertz CT molecular complexity index is 971. The number of piperidine rings is 1. The number of fused-ring (bicyclic) bond motifs is 6. The van der Waals surface area contributed by atoms with Crippen LogP contribution < -0.4 is 10.1 Å². The van der Waals surface area contributed by atoms with Gasteiger partial charge in [-0.05, 0) is 43.2 Å². The van der Waals surface area contributed by atoms with Gasteiger partial charge in [-0.25, -0.2) is 0 Å². The van der Waals surface area contributed by atoms with Gasteiger partial charge in [-0.15, -0.1) is 0 Å². The highest BCUT2D eigenvalue weighted by Crippen LogP contribution is 2.56. The normalized spacial score (nSPS) is 32.7. The van der Waals surface area contributed by atoms with Crippen molar-refractivity contribution in [1.29, 1.82) is 0 Å².